The van der Waals surface area contributed by atoms with Crippen molar-refractivity contribution in [3.05, 3.63) is 24.0 Å². The number of hydrogen-bond acceptors (Lipinski definition) is 4. The fraction of sp³-hybridized carbons (Fsp3) is 0.500. The van der Waals surface area contributed by atoms with Gasteiger partial charge in [0.2, 0.25) is 0 Å². The van der Waals surface area contributed by atoms with Crippen LogP contribution in [-0.4, -0.2) is 40.9 Å². The molecule has 1 unspecified atom stereocenters. The lowest BCUT2D eigenvalue weighted by Gasteiger charge is -2.25. The first-order valence-electron chi connectivity index (χ1n) is 5.53. The summed E-state index contributed by atoms with van der Waals surface area (Å²) in [5.74, 6) is 0.977. The zero-order valence-corrected chi connectivity index (χ0v) is 11.3. The van der Waals surface area contributed by atoms with E-state index in [1.165, 1.54) is 6.20 Å². The van der Waals surface area contributed by atoms with E-state index in [1.54, 1.807) is 36.0 Å². The first-order valence-corrected chi connectivity index (χ1v) is 6.93. The van der Waals surface area contributed by atoms with Crippen molar-refractivity contribution in [3.8, 4) is 0 Å². The molecule has 0 saturated heterocycles. The number of nitrogens with zero attached hydrogens (tertiary/aromatic N) is 2. The van der Waals surface area contributed by atoms with Crippen molar-refractivity contribution in [1.29, 1.82) is 0 Å². The number of thioether (sulfide) groups is 1. The molecule has 1 rings (SSSR count). The largest absolute Gasteiger partial charge is 0.398 e. The molecule has 2 N–H and O–H groups in total. The van der Waals surface area contributed by atoms with Crippen LogP contribution in [0.15, 0.2) is 18.5 Å². The highest BCUT2D eigenvalue weighted by Gasteiger charge is 2.19. The van der Waals surface area contributed by atoms with Crippen molar-refractivity contribution < 1.29 is 4.79 Å². The maximum atomic E-state index is 12.2. The first kappa shape index (κ1) is 13.8. The highest BCUT2D eigenvalue weighted by Crippen LogP contribution is 2.14. The maximum absolute atomic E-state index is 12.2. The average molecular weight is 253 g/mol. The van der Waals surface area contributed by atoms with Crippen molar-refractivity contribution in [1.82, 2.24) is 9.88 Å². The van der Waals surface area contributed by atoms with Crippen molar-refractivity contribution in [2.24, 2.45) is 0 Å². The second-order valence-corrected chi connectivity index (χ2v) is 5.00. The molecule has 0 fully saturated rings. The van der Waals surface area contributed by atoms with E-state index in [9.17, 15) is 4.79 Å². The zero-order chi connectivity index (χ0) is 12.8. The van der Waals surface area contributed by atoms with Gasteiger partial charge in [0.05, 0.1) is 5.56 Å². The van der Waals surface area contributed by atoms with Crippen LogP contribution < -0.4 is 5.73 Å². The lowest BCUT2D eigenvalue weighted by atomic mass is 10.1. The van der Waals surface area contributed by atoms with Gasteiger partial charge >= 0.3 is 0 Å². The number of carbonyl (C=O) groups is 1. The van der Waals surface area contributed by atoms with Crippen molar-refractivity contribution in [3.63, 3.8) is 0 Å². The SMILES string of the molecule is CSCCC(C)N(C)C(=O)c1cnccc1N. The molecule has 5 heteroatoms. The van der Waals surface area contributed by atoms with Crippen molar-refractivity contribution in [2.75, 3.05) is 24.8 Å². The van der Waals surface area contributed by atoms with Gasteiger partial charge in [-0.15, -0.1) is 0 Å². The Labute approximate surface area is 107 Å². The third-order valence-corrected chi connectivity index (χ3v) is 3.45. The highest BCUT2D eigenvalue weighted by molar-refractivity contribution is 7.98. The molecule has 0 bridgehead atoms. The molecule has 1 heterocycles. The van der Waals surface area contributed by atoms with Crippen molar-refractivity contribution in [2.45, 2.75) is 19.4 Å². The molecular formula is C12H19N3OS. The van der Waals surface area contributed by atoms with E-state index in [2.05, 4.69) is 11.2 Å². The van der Waals surface area contributed by atoms with Crippen LogP contribution in [0.3, 0.4) is 0 Å². The summed E-state index contributed by atoms with van der Waals surface area (Å²) >= 11 is 1.78. The van der Waals surface area contributed by atoms with Crippen LogP contribution in [0.1, 0.15) is 23.7 Å². The number of anilines is 1. The Morgan fingerprint density at radius 3 is 2.94 bits per heavy atom. The van der Waals surface area contributed by atoms with Crippen LogP contribution in [-0.2, 0) is 0 Å². The predicted molar refractivity (Wildman–Crippen MR) is 73.2 cm³/mol. The normalized spacial score (nSPS) is 12.2. The van der Waals surface area contributed by atoms with E-state index in [0.717, 1.165) is 12.2 Å². The second kappa shape index (κ2) is 6.49. The number of aromatic nitrogens is 1. The quantitative estimate of drug-likeness (QED) is 0.870. The number of pyridine rings is 1. The highest BCUT2D eigenvalue weighted by atomic mass is 32.2. The third kappa shape index (κ3) is 3.63. The summed E-state index contributed by atoms with van der Waals surface area (Å²) < 4.78 is 0. The smallest absolute Gasteiger partial charge is 0.257 e. The molecule has 0 aliphatic heterocycles. The van der Waals surface area contributed by atoms with Gasteiger partial charge in [-0.05, 0) is 31.4 Å². The van der Waals surface area contributed by atoms with Gasteiger partial charge < -0.3 is 10.6 Å². The molecule has 1 atom stereocenters. The van der Waals surface area contributed by atoms with Gasteiger partial charge in [-0.1, -0.05) is 0 Å². The molecule has 0 saturated carbocycles. The molecule has 4 nitrogen and oxygen atoms in total. The molecule has 0 aliphatic rings. The number of carbonyl (C=O) groups excluding carboxylic acids is 1. The minimum absolute atomic E-state index is 0.0656. The topological polar surface area (TPSA) is 59.2 Å². The Balaban J connectivity index is 2.73. The minimum Gasteiger partial charge on any atom is -0.398 e. The van der Waals surface area contributed by atoms with E-state index in [0.29, 0.717) is 11.3 Å². The molecule has 0 aliphatic carbocycles. The fourth-order valence-electron chi connectivity index (χ4n) is 1.46. The fourth-order valence-corrected chi connectivity index (χ4v) is 2.03. The summed E-state index contributed by atoms with van der Waals surface area (Å²) in [7, 11) is 1.81. The summed E-state index contributed by atoms with van der Waals surface area (Å²) in [5, 5.41) is 0. The number of nitrogen functional groups attached to an aromatic ring is 1. The summed E-state index contributed by atoms with van der Waals surface area (Å²) in [6.45, 7) is 2.04. The van der Waals surface area contributed by atoms with E-state index in [4.69, 9.17) is 5.73 Å². The number of hydrogen-bond donors (Lipinski definition) is 1. The Bertz CT molecular complexity index is 384. The van der Waals surface area contributed by atoms with E-state index < -0.39 is 0 Å². The number of amides is 1. The minimum atomic E-state index is -0.0656. The molecule has 1 aromatic heterocycles. The van der Waals surface area contributed by atoms with E-state index >= 15 is 0 Å². The molecule has 94 valence electrons. The predicted octanol–water partition coefficient (Wildman–Crippen LogP) is 1.88. The van der Waals surface area contributed by atoms with Gasteiger partial charge in [0.15, 0.2) is 0 Å². The van der Waals surface area contributed by atoms with Crippen LogP contribution >= 0.6 is 11.8 Å². The summed E-state index contributed by atoms with van der Waals surface area (Å²) in [5.41, 5.74) is 6.73. The Hall–Kier alpha value is -1.23. The molecule has 0 aromatic carbocycles. The Morgan fingerprint density at radius 1 is 1.65 bits per heavy atom. The van der Waals surface area contributed by atoms with Gasteiger partial charge in [0.1, 0.15) is 0 Å². The van der Waals surface area contributed by atoms with Crippen LogP contribution in [0.5, 0.6) is 0 Å². The number of nitrogens with two attached hydrogens (primary N) is 1. The lowest BCUT2D eigenvalue weighted by Crippen LogP contribution is -2.35. The van der Waals surface area contributed by atoms with E-state index in [1.807, 2.05) is 6.92 Å². The summed E-state index contributed by atoms with van der Waals surface area (Å²) in [6.07, 6.45) is 6.15. The first-order chi connectivity index (χ1) is 8.07. The summed E-state index contributed by atoms with van der Waals surface area (Å²) in [4.78, 5) is 17.8. The molecular weight excluding hydrogens is 234 g/mol. The summed E-state index contributed by atoms with van der Waals surface area (Å²) in [6, 6.07) is 1.85. The molecule has 17 heavy (non-hydrogen) atoms. The molecule has 1 amide bonds. The Morgan fingerprint density at radius 2 is 2.35 bits per heavy atom. The standard InChI is InChI=1S/C12H19N3OS/c1-9(5-7-17-3)15(2)12(16)10-8-14-6-4-11(10)13/h4,6,8-9H,5,7H2,1-3H3,(H2,13,14). The molecule has 0 radical (unpaired) electrons. The second-order valence-electron chi connectivity index (χ2n) is 4.01. The lowest BCUT2D eigenvalue weighted by molar-refractivity contribution is 0.0742. The third-order valence-electron chi connectivity index (χ3n) is 2.81. The average Bonchev–Trinajstić information content (AvgIpc) is 2.34. The van der Waals surface area contributed by atoms with Crippen LogP contribution in [0.4, 0.5) is 5.69 Å². The van der Waals surface area contributed by atoms with Gasteiger partial charge in [0, 0.05) is 31.2 Å². The zero-order valence-electron chi connectivity index (χ0n) is 10.5. The maximum Gasteiger partial charge on any atom is 0.257 e. The van der Waals surface area contributed by atoms with Gasteiger partial charge in [-0.3, -0.25) is 9.78 Å². The van der Waals surface area contributed by atoms with Crippen LogP contribution in [0.2, 0.25) is 0 Å². The molecule has 0 spiro atoms. The van der Waals surface area contributed by atoms with Crippen molar-refractivity contribution >= 4 is 23.4 Å². The number of rotatable bonds is 5. The molecule has 1 aromatic rings. The van der Waals surface area contributed by atoms with Gasteiger partial charge in [-0.2, -0.15) is 11.8 Å². The van der Waals surface area contributed by atoms with Crippen LogP contribution in [0.25, 0.3) is 0 Å². The van der Waals surface area contributed by atoms with Crippen LogP contribution in [0, 0.1) is 0 Å². The monoisotopic (exact) mass is 253 g/mol. The Kier molecular flexibility index (Phi) is 5.28. The van der Waals surface area contributed by atoms with Gasteiger partial charge in [0.25, 0.3) is 5.91 Å². The van der Waals surface area contributed by atoms with E-state index in [-0.39, 0.29) is 11.9 Å². The van der Waals surface area contributed by atoms with Gasteiger partial charge in [-0.25, -0.2) is 0 Å².